The fourth-order valence-electron chi connectivity index (χ4n) is 2.72. The lowest BCUT2D eigenvalue weighted by Crippen LogP contribution is -2.32. The number of rotatable bonds is 7. The Balaban J connectivity index is 2.26. The third-order valence-electron chi connectivity index (χ3n) is 4.21. The summed E-state index contributed by atoms with van der Waals surface area (Å²) in [5, 5.41) is 27.4. The minimum absolute atomic E-state index is 0.0129. The van der Waals surface area contributed by atoms with Crippen LogP contribution in [-0.4, -0.2) is 30.8 Å². The smallest absolute Gasteiger partial charge is 0.222 e. The number of carbonyl (C=O) groups excluding carboxylic acids is 1. The summed E-state index contributed by atoms with van der Waals surface area (Å²) in [6.45, 7) is 5.33. The van der Waals surface area contributed by atoms with Crippen molar-refractivity contribution in [3.63, 3.8) is 0 Å². The highest BCUT2D eigenvalue weighted by atomic mass is 16.1. The average Bonchev–Trinajstić information content (AvgIpc) is 2.68. The lowest BCUT2D eigenvalue weighted by atomic mass is 10.0. The molecule has 2 rings (SSSR count). The van der Waals surface area contributed by atoms with Crippen molar-refractivity contribution < 1.29 is 4.79 Å². The molecule has 0 spiro atoms. The Kier molecular flexibility index (Phi) is 7.51. The van der Waals surface area contributed by atoms with Gasteiger partial charge in [0.05, 0.1) is 11.4 Å². The van der Waals surface area contributed by atoms with Gasteiger partial charge in [0, 0.05) is 43.7 Å². The van der Waals surface area contributed by atoms with Crippen LogP contribution in [0.5, 0.6) is 0 Å². The number of amidine groups is 2. The van der Waals surface area contributed by atoms with Gasteiger partial charge in [-0.15, -0.1) is 0 Å². The Morgan fingerprint density at radius 1 is 1.30 bits per heavy atom. The van der Waals surface area contributed by atoms with E-state index in [1.165, 1.54) is 13.1 Å². The van der Waals surface area contributed by atoms with Crippen molar-refractivity contribution in [1.29, 1.82) is 10.8 Å². The molecule has 2 aliphatic rings. The number of hydrogen-bond donors (Lipinski definition) is 7. The fraction of sp³-hybridized carbons (Fsp3) is 0.238. The first-order valence-corrected chi connectivity index (χ1v) is 9.43. The molecule has 0 atom stereocenters. The molecular formula is C21H28N8O. The van der Waals surface area contributed by atoms with E-state index in [0.717, 1.165) is 17.0 Å². The topological polar surface area (TPSA) is 151 Å². The van der Waals surface area contributed by atoms with E-state index in [2.05, 4.69) is 26.3 Å². The van der Waals surface area contributed by atoms with Gasteiger partial charge in [0.25, 0.3) is 0 Å². The first kappa shape index (κ1) is 22.4. The van der Waals surface area contributed by atoms with Crippen LogP contribution in [-0.2, 0) is 4.79 Å². The molecule has 0 unspecified atom stereocenters. The van der Waals surface area contributed by atoms with Gasteiger partial charge in [-0.05, 0) is 35.8 Å². The molecule has 0 aliphatic carbocycles. The Morgan fingerprint density at radius 3 is 2.63 bits per heavy atom. The summed E-state index contributed by atoms with van der Waals surface area (Å²) in [7, 11) is 1.72. The summed E-state index contributed by atoms with van der Waals surface area (Å²) in [5.41, 5.74) is 9.61. The molecule has 1 amide bonds. The molecule has 0 aromatic heterocycles. The molecule has 158 valence electrons. The van der Waals surface area contributed by atoms with Gasteiger partial charge in [-0.2, -0.15) is 0 Å². The molecule has 0 aromatic carbocycles. The lowest BCUT2D eigenvalue weighted by molar-refractivity contribution is -0.117. The molecule has 0 fully saturated rings. The number of dihydropyridines is 2. The molecule has 0 aromatic rings. The van der Waals surface area contributed by atoms with Gasteiger partial charge in [-0.1, -0.05) is 13.8 Å². The molecule has 0 saturated heterocycles. The quantitative estimate of drug-likeness (QED) is 0.251. The van der Waals surface area contributed by atoms with Gasteiger partial charge in [0.15, 0.2) is 0 Å². The van der Waals surface area contributed by atoms with Crippen LogP contribution in [0.4, 0.5) is 0 Å². The molecule has 8 N–H and O–H groups in total. The number of nitrogens with zero attached hydrogens (tertiary/aromatic N) is 1. The number of allylic oxidation sites excluding steroid dienone is 4. The Morgan fingerprint density at radius 2 is 2.03 bits per heavy atom. The molecule has 0 saturated carbocycles. The highest BCUT2D eigenvalue weighted by molar-refractivity contribution is 6.08. The zero-order chi connectivity index (χ0) is 22.3. The van der Waals surface area contributed by atoms with Crippen LogP contribution in [0.3, 0.4) is 0 Å². The second-order valence-electron chi connectivity index (χ2n) is 6.94. The maximum Gasteiger partial charge on any atom is 0.222 e. The van der Waals surface area contributed by atoms with Crippen molar-refractivity contribution in [2.45, 2.75) is 20.8 Å². The highest BCUT2D eigenvalue weighted by Gasteiger charge is 2.19. The van der Waals surface area contributed by atoms with Gasteiger partial charge in [0.2, 0.25) is 5.91 Å². The van der Waals surface area contributed by atoms with E-state index < -0.39 is 0 Å². The summed E-state index contributed by atoms with van der Waals surface area (Å²) in [4.78, 5) is 15.7. The summed E-state index contributed by atoms with van der Waals surface area (Å²) < 4.78 is 0. The third-order valence-corrected chi connectivity index (χ3v) is 4.21. The van der Waals surface area contributed by atoms with Gasteiger partial charge in [-0.25, -0.2) is 4.99 Å². The van der Waals surface area contributed by atoms with E-state index in [9.17, 15) is 4.79 Å². The third kappa shape index (κ3) is 5.81. The number of carbonyl (C=O) groups is 1. The second kappa shape index (κ2) is 10.1. The van der Waals surface area contributed by atoms with Crippen LogP contribution < -0.4 is 27.0 Å². The van der Waals surface area contributed by atoms with Gasteiger partial charge in [-0.3, -0.25) is 10.2 Å². The molecule has 0 radical (unpaired) electrons. The van der Waals surface area contributed by atoms with Crippen LogP contribution in [0.25, 0.3) is 0 Å². The Labute approximate surface area is 176 Å². The van der Waals surface area contributed by atoms with E-state index in [4.69, 9.17) is 16.6 Å². The van der Waals surface area contributed by atoms with Crippen molar-refractivity contribution in [2.75, 3.05) is 7.05 Å². The number of aliphatic imine (C=N–C) groups is 1. The molecule has 2 aliphatic heterocycles. The number of nitrogens with two attached hydrogens (primary N) is 1. The van der Waals surface area contributed by atoms with Crippen molar-refractivity contribution in [1.82, 2.24) is 21.3 Å². The van der Waals surface area contributed by atoms with Crippen LogP contribution in [0, 0.1) is 16.7 Å². The SMILES string of the molecule is CN/C=C(\C(=N)NC(C)=O)C1=CNC2=CC=C(N=C(N)C=C(C=N)C(C)C)NC2=C1. The highest BCUT2D eigenvalue weighted by Crippen LogP contribution is 2.23. The largest absolute Gasteiger partial charge is 0.393 e. The number of amides is 1. The summed E-state index contributed by atoms with van der Waals surface area (Å²) in [6.07, 6.45) is 11.9. The summed E-state index contributed by atoms with van der Waals surface area (Å²) in [6, 6.07) is 0. The maximum atomic E-state index is 11.3. The predicted octanol–water partition coefficient (Wildman–Crippen LogP) is 1.49. The zero-order valence-corrected chi connectivity index (χ0v) is 17.6. The minimum atomic E-state index is -0.316. The number of hydrogen-bond acceptors (Lipinski definition) is 7. The Bertz CT molecular complexity index is 957. The van der Waals surface area contributed by atoms with Crippen molar-refractivity contribution in [3.8, 4) is 0 Å². The second-order valence-corrected chi connectivity index (χ2v) is 6.94. The van der Waals surface area contributed by atoms with E-state index in [1.54, 1.807) is 31.6 Å². The van der Waals surface area contributed by atoms with Crippen LogP contribution in [0.2, 0.25) is 0 Å². The van der Waals surface area contributed by atoms with E-state index >= 15 is 0 Å². The molecule has 0 bridgehead atoms. The van der Waals surface area contributed by atoms with Crippen LogP contribution in [0.1, 0.15) is 20.8 Å². The lowest BCUT2D eigenvalue weighted by Gasteiger charge is -2.24. The normalized spacial score (nSPS) is 16.8. The predicted molar refractivity (Wildman–Crippen MR) is 121 cm³/mol. The van der Waals surface area contributed by atoms with Gasteiger partial charge in [0.1, 0.15) is 17.5 Å². The summed E-state index contributed by atoms with van der Waals surface area (Å²) >= 11 is 0. The Hall–Kier alpha value is -3.88. The number of nitrogens with one attached hydrogen (secondary N) is 6. The molecule has 9 nitrogen and oxygen atoms in total. The van der Waals surface area contributed by atoms with Gasteiger partial charge < -0.3 is 32.4 Å². The first-order valence-electron chi connectivity index (χ1n) is 9.43. The van der Waals surface area contributed by atoms with E-state index in [-0.39, 0.29) is 17.7 Å². The zero-order valence-electron chi connectivity index (χ0n) is 17.6. The van der Waals surface area contributed by atoms with Crippen LogP contribution >= 0.6 is 0 Å². The minimum Gasteiger partial charge on any atom is -0.393 e. The molecule has 30 heavy (non-hydrogen) atoms. The fourth-order valence-corrected chi connectivity index (χ4v) is 2.72. The number of fused-ring (bicyclic) bond motifs is 1. The maximum absolute atomic E-state index is 11.3. The summed E-state index contributed by atoms with van der Waals surface area (Å²) in [5.74, 6) is 0.683. The van der Waals surface area contributed by atoms with Crippen LogP contribution in [0.15, 0.2) is 75.6 Å². The average molecular weight is 409 g/mol. The first-order chi connectivity index (χ1) is 14.2. The molecule has 2 heterocycles. The van der Waals surface area contributed by atoms with Crippen molar-refractivity contribution >= 4 is 23.8 Å². The van der Waals surface area contributed by atoms with E-state index in [1.807, 2.05) is 26.0 Å². The molecule has 9 heteroatoms. The van der Waals surface area contributed by atoms with Gasteiger partial charge >= 0.3 is 0 Å². The monoisotopic (exact) mass is 408 g/mol. The van der Waals surface area contributed by atoms with E-state index in [0.29, 0.717) is 22.8 Å². The standard InChI is InChI=1S/C21H28N8O/c1-12(2)14(9-22)8-19(23)29-20-6-5-17-18(28-20)7-15(10-26-17)16(11-25-4)21(24)27-13(3)30/h5-12,22,25-26,28H,1-4H3,(H2,23,29)(H2,24,27,30)/b14-8?,16-11-,22-9?. The van der Waals surface area contributed by atoms with Crippen molar-refractivity contribution in [2.24, 2.45) is 16.6 Å². The van der Waals surface area contributed by atoms with Crippen molar-refractivity contribution in [3.05, 3.63) is 70.6 Å². The molecular weight excluding hydrogens is 380 g/mol.